The second kappa shape index (κ2) is 10.5. The standard InChI is InChI=1S/C27H33N5O3/c1-2-14-31-24-12-6-5-11-22(24)23-17-29-32(27(34)26(23)31)19-25(33)28-13-15-30(20-8-3-4-9-20)18-21-10-7-16-35-21/h5-7,10-12,16-17,20H,2-4,8-9,13-15,18-19H2,1H3,(H,28,33). The molecule has 1 N–H and O–H groups in total. The molecule has 0 radical (unpaired) electrons. The van der Waals surface area contributed by atoms with Crippen LogP contribution in [0.25, 0.3) is 21.8 Å². The van der Waals surface area contributed by atoms with Gasteiger partial charge >= 0.3 is 0 Å². The van der Waals surface area contributed by atoms with Gasteiger partial charge in [0, 0.05) is 42.0 Å². The SMILES string of the molecule is CCCn1c2ccccc2c2cnn(CC(=O)NCCN(Cc3ccco3)C3CCCC3)c(=O)c21. The van der Waals surface area contributed by atoms with E-state index >= 15 is 0 Å². The molecule has 35 heavy (non-hydrogen) atoms. The summed E-state index contributed by atoms with van der Waals surface area (Å²) in [4.78, 5) is 28.5. The zero-order chi connectivity index (χ0) is 24.2. The molecule has 5 rings (SSSR count). The Labute approximate surface area is 204 Å². The van der Waals surface area contributed by atoms with Crippen LogP contribution in [0.4, 0.5) is 0 Å². The largest absolute Gasteiger partial charge is 0.468 e. The van der Waals surface area contributed by atoms with E-state index < -0.39 is 0 Å². The lowest BCUT2D eigenvalue weighted by molar-refractivity contribution is -0.122. The highest BCUT2D eigenvalue weighted by Gasteiger charge is 2.23. The number of fused-ring (bicyclic) bond motifs is 3. The molecule has 1 saturated carbocycles. The fourth-order valence-electron chi connectivity index (χ4n) is 5.36. The number of benzene rings is 1. The number of carbonyl (C=O) groups excluding carboxylic acids is 1. The topological polar surface area (TPSA) is 85.3 Å². The van der Waals surface area contributed by atoms with Crippen LogP contribution in [0.2, 0.25) is 0 Å². The molecule has 0 spiro atoms. The Kier molecular flexibility index (Phi) is 6.99. The van der Waals surface area contributed by atoms with E-state index in [0.29, 0.717) is 18.1 Å². The molecule has 1 aliphatic rings. The van der Waals surface area contributed by atoms with Gasteiger partial charge in [-0.2, -0.15) is 5.10 Å². The van der Waals surface area contributed by atoms with Crippen molar-refractivity contribution in [2.75, 3.05) is 13.1 Å². The van der Waals surface area contributed by atoms with Crippen LogP contribution in [0.1, 0.15) is 44.8 Å². The van der Waals surface area contributed by atoms with Crippen LogP contribution in [0.15, 0.2) is 58.1 Å². The van der Waals surface area contributed by atoms with Crippen molar-refractivity contribution in [3.05, 3.63) is 65.0 Å². The summed E-state index contributed by atoms with van der Waals surface area (Å²) < 4.78 is 8.88. The van der Waals surface area contributed by atoms with Crippen molar-refractivity contribution in [3.63, 3.8) is 0 Å². The van der Waals surface area contributed by atoms with E-state index in [1.807, 2.05) is 36.4 Å². The van der Waals surface area contributed by atoms with Crippen LogP contribution in [0, 0.1) is 0 Å². The van der Waals surface area contributed by atoms with Gasteiger partial charge in [-0.05, 0) is 37.5 Å². The Hall–Kier alpha value is -3.39. The monoisotopic (exact) mass is 475 g/mol. The third kappa shape index (κ3) is 4.89. The zero-order valence-electron chi connectivity index (χ0n) is 20.3. The van der Waals surface area contributed by atoms with E-state index in [1.165, 1.54) is 30.4 Å². The van der Waals surface area contributed by atoms with E-state index in [0.717, 1.165) is 48.1 Å². The number of hydrogen-bond donors (Lipinski definition) is 1. The van der Waals surface area contributed by atoms with E-state index in [2.05, 4.69) is 26.8 Å². The van der Waals surface area contributed by atoms with Gasteiger partial charge in [0.05, 0.1) is 19.0 Å². The summed E-state index contributed by atoms with van der Waals surface area (Å²) in [7, 11) is 0. The van der Waals surface area contributed by atoms with Crippen LogP contribution in [0.5, 0.6) is 0 Å². The van der Waals surface area contributed by atoms with E-state index in [1.54, 1.807) is 12.5 Å². The van der Waals surface area contributed by atoms with Crippen molar-refractivity contribution in [1.82, 2.24) is 24.6 Å². The fraction of sp³-hybridized carbons (Fsp3) is 0.444. The molecule has 0 unspecified atom stereocenters. The molecule has 0 saturated heterocycles. The van der Waals surface area contributed by atoms with Crippen LogP contribution in [-0.4, -0.2) is 44.3 Å². The smallest absolute Gasteiger partial charge is 0.291 e. The van der Waals surface area contributed by atoms with Crippen molar-refractivity contribution in [1.29, 1.82) is 0 Å². The summed E-state index contributed by atoms with van der Waals surface area (Å²) in [6.07, 6.45) is 9.18. The van der Waals surface area contributed by atoms with Gasteiger partial charge in [0.15, 0.2) is 0 Å². The summed E-state index contributed by atoms with van der Waals surface area (Å²) in [5.74, 6) is 0.733. The number of rotatable bonds is 10. The maximum absolute atomic E-state index is 13.3. The summed E-state index contributed by atoms with van der Waals surface area (Å²) in [6.45, 7) is 4.74. The number of amides is 1. The third-order valence-corrected chi connectivity index (χ3v) is 7.02. The van der Waals surface area contributed by atoms with Gasteiger partial charge in [-0.3, -0.25) is 14.5 Å². The molecule has 3 heterocycles. The van der Waals surface area contributed by atoms with E-state index in [-0.39, 0.29) is 18.0 Å². The van der Waals surface area contributed by atoms with Crippen LogP contribution in [0.3, 0.4) is 0 Å². The van der Waals surface area contributed by atoms with Gasteiger partial charge in [0.1, 0.15) is 17.8 Å². The Morgan fingerprint density at radius 2 is 2.00 bits per heavy atom. The number of hydrogen-bond acceptors (Lipinski definition) is 5. The Balaban J connectivity index is 1.28. The number of furan rings is 1. The summed E-state index contributed by atoms with van der Waals surface area (Å²) >= 11 is 0. The zero-order valence-corrected chi connectivity index (χ0v) is 20.3. The first kappa shape index (κ1) is 23.4. The molecule has 8 nitrogen and oxygen atoms in total. The molecule has 0 bridgehead atoms. The number of para-hydroxylation sites is 1. The first-order valence-corrected chi connectivity index (χ1v) is 12.7. The van der Waals surface area contributed by atoms with Crippen LogP contribution >= 0.6 is 0 Å². The van der Waals surface area contributed by atoms with Crippen LogP contribution < -0.4 is 10.9 Å². The normalized spacial score (nSPS) is 14.5. The van der Waals surface area contributed by atoms with Gasteiger partial charge < -0.3 is 14.3 Å². The molecule has 1 fully saturated rings. The van der Waals surface area contributed by atoms with Crippen LogP contribution in [-0.2, 0) is 24.4 Å². The molecule has 0 aliphatic heterocycles. The van der Waals surface area contributed by atoms with Gasteiger partial charge in [0.25, 0.3) is 5.56 Å². The molecule has 184 valence electrons. The minimum atomic E-state index is -0.229. The number of aromatic nitrogens is 3. The first-order chi connectivity index (χ1) is 17.2. The van der Waals surface area contributed by atoms with E-state index in [9.17, 15) is 9.59 Å². The number of nitrogens with zero attached hydrogens (tertiary/aromatic N) is 4. The predicted molar refractivity (Wildman–Crippen MR) is 136 cm³/mol. The highest BCUT2D eigenvalue weighted by molar-refractivity contribution is 6.07. The number of carbonyl (C=O) groups is 1. The second-order valence-corrected chi connectivity index (χ2v) is 9.38. The molecule has 1 aromatic carbocycles. The quantitative estimate of drug-likeness (QED) is 0.376. The number of aryl methyl sites for hydroxylation is 1. The van der Waals surface area contributed by atoms with Crippen molar-refractivity contribution in [2.45, 2.75) is 64.7 Å². The summed E-state index contributed by atoms with van der Waals surface area (Å²) in [5.41, 5.74) is 1.41. The molecular formula is C27H33N5O3. The average Bonchev–Trinajstić information content (AvgIpc) is 3.62. The van der Waals surface area contributed by atoms with Crippen molar-refractivity contribution >= 4 is 27.7 Å². The lowest BCUT2D eigenvalue weighted by Crippen LogP contribution is -2.41. The molecule has 1 aliphatic carbocycles. The number of nitrogens with one attached hydrogen (secondary N) is 1. The third-order valence-electron chi connectivity index (χ3n) is 7.02. The minimum absolute atomic E-state index is 0.0932. The average molecular weight is 476 g/mol. The Morgan fingerprint density at radius 3 is 2.77 bits per heavy atom. The maximum Gasteiger partial charge on any atom is 0.291 e. The Bertz CT molecular complexity index is 1350. The minimum Gasteiger partial charge on any atom is -0.468 e. The molecule has 0 atom stereocenters. The highest BCUT2D eigenvalue weighted by atomic mass is 16.3. The van der Waals surface area contributed by atoms with Crippen molar-refractivity contribution < 1.29 is 9.21 Å². The lowest BCUT2D eigenvalue weighted by atomic mass is 10.2. The van der Waals surface area contributed by atoms with Crippen molar-refractivity contribution in [3.8, 4) is 0 Å². The molecule has 3 aromatic heterocycles. The van der Waals surface area contributed by atoms with E-state index in [4.69, 9.17) is 4.42 Å². The first-order valence-electron chi connectivity index (χ1n) is 12.7. The van der Waals surface area contributed by atoms with Gasteiger partial charge in [-0.25, -0.2) is 4.68 Å². The molecular weight excluding hydrogens is 442 g/mol. The summed E-state index contributed by atoms with van der Waals surface area (Å²) in [5, 5.41) is 9.17. The fourth-order valence-corrected chi connectivity index (χ4v) is 5.36. The highest BCUT2D eigenvalue weighted by Crippen LogP contribution is 2.27. The maximum atomic E-state index is 13.3. The lowest BCUT2D eigenvalue weighted by Gasteiger charge is -2.28. The van der Waals surface area contributed by atoms with Gasteiger partial charge in [0.2, 0.25) is 5.91 Å². The molecule has 8 heteroatoms. The second-order valence-electron chi connectivity index (χ2n) is 9.38. The van der Waals surface area contributed by atoms with Gasteiger partial charge in [-0.1, -0.05) is 38.0 Å². The molecule has 4 aromatic rings. The Morgan fingerprint density at radius 1 is 1.17 bits per heavy atom. The predicted octanol–water partition coefficient (Wildman–Crippen LogP) is 3.92. The van der Waals surface area contributed by atoms with Crippen molar-refractivity contribution in [2.24, 2.45) is 0 Å². The molecule has 1 amide bonds. The summed E-state index contributed by atoms with van der Waals surface area (Å²) in [6, 6.07) is 12.4. The van der Waals surface area contributed by atoms with Gasteiger partial charge in [-0.15, -0.1) is 0 Å².